The zero-order valence-corrected chi connectivity index (χ0v) is 22.1. The van der Waals surface area contributed by atoms with Crippen LogP contribution in [0.25, 0.3) is 11.1 Å². The SMILES string of the molecule is COc1c(CNC(=O)OC(C)(C)C)cccc1-c1cccc(CO[Si](C)(C)C(C)(C)C)c1. The van der Waals surface area contributed by atoms with Crippen LogP contribution in [0.15, 0.2) is 42.5 Å². The highest BCUT2D eigenvalue weighted by Gasteiger charge is 2.37. The molecule has 1 amide bonds. The van der Waals surface area contributed by atoms with Gasteiger partial charge in [-0.3, -0.25) is 0 Å². The Kier molecular flexibility index (Phi) is 8.18. The number of ether oxygens (including phenoxy) is 2. The van der Waals surface area contributed by atoms with E-state index >= 15 is 0 Å². The molecule has 0 fully saturated rings. The molecule has 0 aromatic heterocycles. The number of rotatable bonds is 7. The predicted molar refractivity (Wildman–Crippen MR) is 133 cm³/mol. The minimum Gasteiger partial charge on any atom is -0.496 e. The van der Waals surface area contributed by atoms with E-state index in [2.05, 4.69) is 57.4 Å². The molecule has 2 aromatic rings. The fraction of sp³-hybridized carbons (Fsp3) is 0.500. The van der Waals surface area contributed by atoms with Gasteiger partial charge in [-0.2, -0.15) is 0 Å². The molecule has 0 aliphatic heterocycles. The number of carbonyl (C=O) groups excluding carboxylic acids is 1. The lowest BCUT2D eigenvalue weighted by Crippen LogP contribution is -2.40. The second-order valence-corrected chi connectivity index (χ2v) is 15.4. The summed E-state index contributed by atoms with van der Waals surface area (Å²) in [6.45, 7) is 17.7. The third-order valence-electron chi connectivity index (χ3n) is 5.77. The van der Waals surface area contributed by atoms with Crippen molar-refractivity contribution in [2.75, 3.05) is 7.11 Å². The molecule has 5 nitrogen and oxygen atoms in total. The van der Waals surface area contributed by atoms with Crippen LogP contribution in [-0.4, -0.2) is 27.1 Å². The van der Waals surface area contributed by atoms with Gasteiger partial charge in [-0.25, -0.2) is 4.79 Å². The molecular formula is C26H39NO4Si. The van der Waals surface area contributed by atoms with Gasteiger partial charge in [0.15, 0.2) is 8.32 Å². The fourth-order valence-electron chi connectivity index (χ4n) is 2.98. The summed E-state index contributed by atoms with van der Waals surface area (Å²) in [4.78, 5) is 12.1. The highest BCUT2D eigenvalue weighted by molar-refractivity contribution is 6.74. The number of hydrogen-bond acceptors (Lipinski definition) is 4. The molecule has 0 bridgehead atoms. The zero-order chi connectivity index (χ0) is 24.2. The molecule has 0 radical (unpaired) electrons. The Morgan fingerprint density at radius 1 is 1.00 bits per heavy atom. The lowest BCUT2D eigenvalue weighted by molar-refractivity contribution is 0.0523. The third kappa shape index (κ3) is 7.10. The molecule has 0 aliphatic rings. The van der Waals surface area contributed by atoms with E-state index in [9.17, 15) is 4.79 Å². The van der Waals surface area contributed by atoms with Crippen LogP contribution < -0.4 is 10.1 Å². The summed E-state index contributed by atoms with van der Waals surface area (Å²) < 4.78 is 17.5. The first-order chi connectivity index (χ1) is 14.7. The van der Waals surface area contributed by atoms with E-state index in [1.807, 2.05) is 45.0 Å². The summed E-state index contributed by atoms with van der Waals surface area (Å²) in [7, 11) is -0.174. The van der Waals surface area contributed by atoms with Crippen molar-refractivity contribution in [3.63, 3.8) is 0 Å². The molecule has 0 heterocycles. The Morgan fingerprint density at radius 3 is 2.25 bits per heavy atom. The Balaban J connectivity index is 2.22. The number of para-hydroxylation sites is 1. The summed E-state index contributed by atoms with van der Waals surface area (Å²) in [5.74, 6) is 0.742. The maximum absolute atomic E-state index is 12.1. The molecule has 1 N–H and O–H groups in total. The van der Waals surface area contributed by atoms with E-state index in [1.54, 1.807) is 7.11 Å². The standard InChI is InChI=1S/C26H39NO4Si/c1-25(2,3)31-24(28)27-17-21-14-11-15-22(23(21)29-7)20-13-10-12-19(16-20)18-30-32(8,9)26(4,5)6/h10-16H,17-18H2,1-9H3,(H,27,28). The first-order valence-corrected chi connectivity index (χ1v) is 14.0. The molecule has 0 spiro atoms. The van der Waals surface area contributed by atoms with Crippen LogP contribution in [0.5, 0.6) is 5.75 Å². The summed E-state index contributed by atoms with van der Waals surface area (Å²) in [5, 5.41) is 2.98. The minimum atomic E-state index is -1.83. The van der Waals surface area contributed by atoms with Crippen LogP contribution in [0.3, 0.4) is 0 Å². The van der Waals surface area contributed by atoms with Gasteiger partial charge in [-0.15, -0.1) is 0 Å². The predicted octanol–water partition coefficient (Wildman–Crippen LogP) is 6.91. The van der Waals surface area contributed by atoms with Crippen molar-refractivity contribution in [2.24, 2.45) is 0 Å². The highest BCUT2D eigenvalue weighted by Crippen LogP contribution is 2.38. The molecule has 0 unspecified atom stereocenters. The lowest BCUT2D eigenvalue weighted by atomic mass is 9.99. The van der Waals surface area contributed by atoms with Crippen LogP contribution in [0.4, 0.5) is 4.79 Å². The van der Waals surface area contributed by atoms with Gasteiger partial charge in [-0.1, -0.05) is 57.2 Å². The Labute approximate surface area is 194 Å². The first kappa shape index (κ1) is 25.9. The average molecular weight is 458 g/mol. The van der Waals surface area contributed by atoms with E-state index in [0.29, 0.717) is 13.2 Å². The number of amides is 1. The average Bonchev–Trinajstić information content (AvgIpc) is 2.68. The fourth-order valence-corrected chi connectivity index (χ4v) is 3.94. The van der Waals surface area contributed by atoms with E-state index in [-0.39, 0.29) is 5.04 Å². The van der Waals surface area contributed by atoms with Crippen molar-refractivity contribution in [3.8, 4) is 16.9 Å². The second-order valence-electron chi connectivity index (χ2n) is 10.6. The van der Waals surface area contributed by atoms with Gasteiger partial charge in [0.25, 0.3) is 0 Å². The normalized spacial score (nSPS) is 12.4. The van der Waals surface area contributed by atoms with Crippen molar-refractivity contribution in [1.29, 1.82) is 0 Å². The van der Waals surface area contributed by atoms with Gasteiger partial charge >= 0.3 is 6.09 Å². The summed E-state index contributed by atoms with van der Waals surface area (Å²) in [6.07, 6.45) is -0.449. The van der Waals surface area contributed by atoms with Crippen molar-refractivity contribution in [2.45, 2.75) is 78.4 Å². The second kappa shape index (κ2) is 10.1. The monoisotopic (exact) mass is 457 g/mol. The van der Waals surface area contributed by atoms with Crippen LogP contribution in [0, 0.1) is 0 Å². The van der Waals surface area contributed by atoms with Gasteiger partial charge in [0, 0.05) is 17.7 Å². The van der Waals surface area contributed by atoms with Gasteiger partial charge in [0.05, 0.1) is 13.7 Å². The number of methoxy groups -OCH3 is 1. The van der Waals surface area contributed by atoms with E-state index in [0.717, 1.165) is 28.0 Å². The van der Waals surface area contributed by atoms with Crippen molar-refractivity contribution >= 4 is 14.4 Å². The molecule has 0 atom stereocenters. The zero-order valence-electron chi connectivity index (χ0n) is 21.1. The van der Waals surface area contributed by atoms with Crippen molar-refractivity contribution < 1.29 is 18.7 Å². The Hall–Kier alpha value is -2.31. The minimum absolute atomic E-state index is 0.170. The molecule has 2 aromatic carbocycles. The quantitative estimate of drug-likeness (QED) is 0.459. The Bertz CT molecular complexity index is 926. The summed E-state index contributed by atoms with van der Waals surface area (Å²) in [6, 6.07) is 14.3. The largest absolute Gasteiger partial charge is 0.496 e. The van der Waals surface area contributed by atoms with Crippen LogP contribution >= 0.6 is 0 Å². The van der Waals surface area contributed by atoms with Gasteiger partial charge in [0.2, 0.25) is 0 Å². The lowest BCUT2D eigenvalue weighted by Gasteiger charge is -2.36. The van der Waals surface area contributed by atoms with E-state index < -0.39 is 20.0 Å². The number of carbonyl (C=O) groups is 1. The van der Waals surface area contributed by atoms with Gasteiger partial charge < -0.3 is 19.2 Å². The number of nitrogens with one attached hydrogen (secondary N) is 1. The van der Waals surface area contributed by atoms with E-state index in [4.69, 9.17) is 13.9 Å². The summed E-state index contributed by atoms with van der Waals surface area (Å²) >= 11 is 0. The molecule has 6 heteroatoms. The van der Waals surface area contributed by atoms with Crippen LogP contribution in [-0.2, 0) is 22.3 Å². The van der Waals surface area contributed by atoms with Crippen molar-refractivity contribution in [3.05, 3.63) is 53.6 Å². The summed E-state index contributed by atoms with van der Waals surface area (Å²) in [5.41, 5.74) is 3.51. The molecule has 0 saturated carbocycles. The highest BCUT2D eigenvalue weighted by atomic mass is 28.4. The molecule has 2 rings (SSSR count). The first-order valence-electron chi connectivity index (χ1n) is 11.1. The molecule has 0 saturated heterocycles. The smallest absolute Gasteiger partial charge is 0.407 e. The van der Waals surface area contributed by atoms with Gasteiger partial charge in [0.1, 0.15) is 11.4 Å². The maximum Gasteiger partial charge on any atom is 0.407 e. The van der Waals surface area contributed by atoms with Crippen molar-refractivity contribution in [1.82, 2.24) is 5.32 Å². The number of alkyl carbamates (subject to hydrolysis) is 1. The maximum atomic E-state index is 12.1. The van der Waals surface area contributed by atoms with Gasteiger partial charge in [-0.05, 0) is 56.1 Å². The molecule has 0 aliphatic carbocycles. The molecule has 32 heavy (non-hydrogen) atoms. The topological polar surface area (TPSA) is 56.8 Å². The molecular weight excluding hydrogens is 418 g/mol. The number of benzene rings is 2. The van der Waals surface area contributed by atoms with E-state index in [1.165, 1.54) is 0 Å². The van der Waals surface area contributed by atoms with Crippen LogP contribution in [0.2, 0.25) is 18.1 Å². The number of hydrogen-bond donors (Lipinski definition) is 1. The third-order valence-corrected chi connectivity index (χ3v) is 10.2. The van der Waals surface area contributed by atoms with Crippen LogP contribution in [0.1, 0.15) is 52.7 Å². The molecule has 176 valence electrons. The Morgan fingerprint density at radius 2 is 1.66 bits per heavy atom.